The quantitative estimate of drug-likeness (QED) is 0.326. The topological polar surface area (TPSA) is 81.2 Å². The lowest BCUT2D eigenvalue weighted by atomic mass is 9.49. The predicted octanol–water partition coefficient (Wildman–Crippen LogP) is 6.61. The molecule has 7 rings (SSSR count). The van der Waals surface area contributed by atoms with Gasteiger partial charge >= 0.3 is 21.1 Å². The summed E-state index contributed by atoms with van der Waals surface area (Å²) >= 11 is 3.44. The maximum absolute atomic E-state index is 6.09. The molecule has 0 saturated carbocycles. The van der Waals surface area contributed by atoms with E-state index in [2.05, 4.69) is 77.9 Å². The van der Waals surface area contributed by atoms with Crippen LogP contribution in [0.15, 0.2) is 41.4 Å². The van der Waals surface area contributed by atoms with E-state index in [0.29, 0.717) is 0 Å². The van der Waals surface area contributed by atoms with Crippen LogP contribution in [0.3, 0.4) is 0 Å². The minimum Gasteiger partial charge on any atom is -0.405 e. The lowest BCUT2D eigenvalue weighted by molar-refractivity contribution is 0.00578. The molecule has 0 unspecified atom stereocenters. The molecule has 2 aromatic rings. The smallest absolute Gasteiger partial charge is 0.405 e. The zero-order valence-electron chi connectivity index (χ0n) is 29.5. The van der Waals surface area contributed by atoms with Crippen LogP contribution in [0.2, 0.25) is 0 Å². The Labute approximate surface area is 284 Å². The van der Waals surface area contributed by atoms with E-state index in [9.17, 15) is 0 Å². The Morgan fingerprint density at radius 1 is 0.522 bits per heavy atom. The van der Waals surface area contributed by atoms with E-state index < -0.39 is 14.0 Å². The van der Waals surface area contributed by atoms with Crippen LogP contribution in [0.5, 0.6) is 0 Å². The SMILES string of the molecule is Brc1cncc2c1CC=C2.CC1(C)OB(B2OC(C)(C)C(C)(C)O2)OC1(C)C.CC1(C)OB(c2cncc3c2CC=C3)OC1(C)C. The molecule has 0 atom stereocenters. The van der Waals surface area contributed by atoms with Gasteiger partial charge in [-0.05, 0) is 134 Å². The summed E-state index contributed by atoms with van der Waals surface area (Å²) in [4.78, 5) is 8.34. The highest BCUT2D eigenvalue weighted by Crippen LogP contribution is 2.43. The molecule has 0 amide bonds. The summed E-state index contributed by atoms with van der Waals surface area (Å²) in [5, 5.41) is 0. The number of fused-ring (bicyclic) bond motifs is 2. The number of aromatic nitrogens is 2. The van der Waals surface area contributed by atoms with Crippen LogP contribution >= 0.6 is 15.9 Å². The van der Waals surface area contributed by atoms with E-state index in [1.54, 1.807) is 0 Å². The van der Waals surface area contributed by atoms with Crippen LogP contribution in [0.1, 0.15) is 105 Å². The number of allylic oxidation sites excluding steroid dienone is 2. The zero-order valence-corrected chi connectivity index (χ0v) is 31.1. The molecule has 5 aliphatic rings. The van der Waals surface area contributed by atoms with Gasteiger partial charge in [0.1, 0.15) is 0 Å². The zero-order chi connectivity index (χ0) is 33.9. The first kappa shape index (κ1) is 35.5. The van der Waals surface area contributed by atoms with E-state index in [1.165, 1.54) is 22.3 Å². The fraction of sp³-hybridized carbons (Fsp3) is 0.588. The summed E-state index contributed by atoms with van der Waals surface area (Å²) in [6, 6.07) is 0. The van der Waals surface area contributed by atoms with Gasteiger partial charge in [-0.25, -0.2) is 0 Å². The number of rotatable bonds is 2. The molecule has 0 bridgehead atoms. The molecule has 0 N–H and O–H groups in total. The van der Waals surface area contributed by atoms with Gasteiger partial charge in [0.2, 0.25) is 0 Å². The summed E-state index contributed by atoms with van der Waals surface area (Å²) in [5.74, 6) is 0. The summed E-state index contributed by atoms with van der Waals surface area (Å²) in [5.41, 5.74) is 4.09. The van der Waals surface area contributed by atoms with Crippen molar-refractivity contribution in [2.75, 3.05) is 0 Å². The second kappa shape index (κ2) is 12.3. The van der Waals surface area contributed by atoms with Crippen LogP contribution in [-0.2, 0) is 40.8 Å². The van der Waals surface area contributed by atoms with Gasteiger partial charge in [0.15, 0.2) is 0 Å². The Balaban J connectivity index is 0.000000142. The van der Waals surface area contributed by atoms with Gasteiger partial charge < -0.3 is 27.9 Å². The number of pyridine rings is 2. The third kappa shape index (κ3) is 6.73. The lowest BCUT2D eigenvalue weighted by Crippen LogP contribution is -2.41. The third-order valence-corrected chi connectivity index (χ3v) is 11.4. The van der Waals surface area contributed by atoms with Crippen molar-refractivity contribution in [2.45, 2.75) is 130 Å². The Morgan fingerprint density at radius 2 is 0.891 bits per heavy atom. The maximum atomic E-state index is 6.09. The Bertz CT molecular complexity index is 1440. The molecule has 46 heavy (non-hydrogen) atoms. The minimum atomic E-state index is -0.476. The number of hydrogen-bond acceptors (Lipinski definition) is 8. The molecule has 0 spiro atoms. The molecule has 5 heterocycles. The monoisotopic (exact) mass is 692 g/mol. The van der Waals surface area contributed by atoms with E-state index in [4.69, 9.17) is 27.9 Å². The van der Waals surface area contributed by atoms with Crippen LogP contribution in [0, 0.1) is 0 Å². The van der Waals surface area contributed by atoms with Gasteiger partial charge in [-0.2, -0.15) is 0 Å². The molecule has 2 aliphatic carbocycles. The molecule has 3 fully saturated rings. The first-order valence-electron chi connectivity index (χ1n) is 16.2. The van der Waals surface area contributed by atoms with Crippen LogP contribution in [0.25, 0.3) is 12.2 Å². The predicted molar refractivity (Wildman–Crippen MR) is 190 cm³/mol. The van der Waals surface area contributed by atoms with Gasteiger partial charge in [0.25, 0.3) is 0 Å². The normalized spacial score (nSPS) is 24.7. The molecule has 3 saturated heterocycles. The lowest BCUT2D eigenvalue weighted by Gasteiger charge is -2.32. The van der Waals surface area contributed by atoms with Crippen molar-refractivity contribution < 1.29 is 27.9 Å². The highest BCUT2D eigenvalue weighted by molar-refractivity contribution is 9.10. The fourth-order valence-corrected chi connectivity index (χ4v) is 6.02. The first-order valence-corrected chi connectivity index (χ1v) is 16.9. The van der Waals surface area contributed by atoms with Crippen LogP contribution < -0.4 is 5.46 Å². The largest absolute Gasteiger partial charge is 0.496 e. The molecular weight excluding hydrogens is 645 g/mol. The summed E-state index contributed by atoms with van der Waals surface area (Å²) in [6.45, 7) is 24.5. The van der Waals surface area contributed by atoms with Gasteiger partial charge in [-0.1, -0.05) is 24.3 Å². The van der Waals surface area contributed by atoms with Crippen molar-refractivity contribution in [1.29, 1.82) is 0 Å². The number of halogens is 1. The molecule has 2 aromatic heterocycles. The third-order valence-electron chi connectivity index (χ3n) is 10.7. The number of hydrogen-bond donors (Lipinski definition) is 0. The molecule has 8 nitrogen and oxygen atoms in total. The van der Waals surface area contributed by atoms with E-state index in [-0.39, 0.29) is 40.7 Å². The average molecular weight is 693 g/mol. The van der Waals surface area contributed by atoms with Crippen molar-refractivity contribution in [2.24, 2.45) is 0 Å². The molecule has 0 radical (unpaired) electrons. The van der Waals surface area contributed by atoms with Crippen molar-refractivity contribution in [3.63, 3.8) is 0 Å². The number of nitrogens with zero attached hydrogens (tertiary/aromatic N) is 2. The van der Waals surface area contributed by atoms with Gasteiger partial charge in [0, 0.05) is 34.7 Å². The second-order valence-electron chi connectivity index (χ2n) is 15.5. The van der Waals surface area contributed by atoms with Crippen LogP contribution in [0.4, 0.5) is 0 Å². The first-order chi connectivity index (χ1) is 21.2. The van der Waals surface area contributed by atoms with E-state index >= 15 is 0 Å². The molecule has 0 aromatic carbocycles. The average Bonchev–Trinajstić information content (AvgIpc) is 3.72. The molecule has 246 valence electrons. The van der Waals surface area contributed by atoms with Crippen molar-refractivity contribution in [1.82, 2.24) is 9.97 Å². The van der Waals surface area contributed by atoms with Gasteiger partial charge in [-0.3, -0.25) is 9.97 Å². The van der Waals surface area contributed by atoms with Crippen molar-refractivity contribution in [3.8, 4) is 0 Å². The summed E-state index contributed by atoms with van der Waals surface area (Å²) < 4.78 is 37.1. The molecule has 3 aliphatic heterocycles. The van der Waals surface area contributed by atoms with Gasteiger partial charge in [0.05, 0.1) is 33.6 Å². The Morgan fingerprint density at radius 3 is 1.33 bits per heavy atom. The Hall–Kier alpha value is -1.79. The van der Waals surface area contributed by atoms with Gasteiger partial charge in [-0.15, -0.1) is 0 Å². The van der Waals surface area contributed by atoms with Crippen molar-refractivity contribution in [3.05, 3.63) is 63.7 Å². The molecule has 12 heteroatoms. The maximum Gasteiger partial charge on any atom is 0.496 e. The standard InChI is InChI=1S/C14H18BNO2.C12H24B2O4.C8H6BrN/c1-13(2)14(3,4)18-15(17-13)12-9-16-8-10-6-5-7-11(10)12;1-9(2)10(3,4)16-13(15-9)14-17-11(5,6)12(7,8)18-14;9-8-5-10-4-6-2-1-3-7(6)8/h5-6,8-9H,7H2,1-4H3;1-8H3;1-2,4-5H,3H2. The van der Waals surface area contributed by atoms with E-state index in [1.807, 2.05) is 80.2 Å². The van der Waals surface area contributed by atoms with Crippen molar-refractivity contribution >= 4 is 54.7 Å². The highest BCUT2D eigenvalue weighted by Gasteiger charge is 2.63. The second-order valence-corrected chi connectivity index (χ2v) is 16.4. The Kier molecular flexibility index (Phi) is 9.48. The highest BCUT2D eigenvalue weighted by atomic mass is 79.9. The summed E-state index contributed by atoms with van der Waals surface area (Å²) in [7, 11) is -1.26. The minimum absolute atomic E-state index is 0.299. The van der Waals surface area contributed by atoms with Crippen LogP contribution in [-0.4, -0.2) is 64.7 Å². The summed E-state index contributed by atoms with van der Waals surface area (Å²) in [6.07, 6.45) is 18.0. The van der Waals surface area contributed by atoms with E-state index in [0.717, 1.165) is 22.8 Å². The fourth-order valence-electron chi connectivity index (χ4n) is 5.52. The molecular formula is C34H48B3BrN2O6.